The number of carbonyl (C=O) groups excluding carboxylic acids is 1. The van der Waals surface area contributed by atoms with Gasteiger partial charge in [-0.05, 0) is 27.7 Å². The average Bonchev–Trinajstić information content (AvgIpc) is 2.93. The molecule has 0 saturated heterocycles. The van der Waals surface area contributed by atoms with Crippen molar-refractivity contribution in [1.29, 1.82) is 0 Å². The Kier molecular flexibility index (Phi) is 4.87. The fourth-order valence-electron chi connectivity index (χ4n) is 2.44. The Morgan fingerprint density at radius 3 is 2.55 bits per heavy atom. The van der Waals surface area contributed by atoms with Crippen LogP contribution in [0.4, 0.5) is 0 Å². The van der Waals surface area contributed by atoms with Crippen molar-refractivity contribution in [2.75, 3.05) is 6.54 Å². The SMILES string of the molecule is Cc1nn(CCNC(=O)[C@H](N)c2c(C)n[nH]c2C)c(C)c1Cl. The van der Waals surface area contributed by atoms with E-state index < -0.39 is 6.04 Å². The molecular weight excluding hydrogens is 304 g/mol. The summed E-state index contributed by atoms with van der Waals surface area (Å²) >= 11 is 6.09. The molecule has 0 aliphatic rings. The second-order valence-electron chi connectivity index (χ2n) is 5.32. The van der Waals surface area contributed by atoms with Crippen molar-refractivity contribution in [1.82, 2.24) is 25.3 Å². The van der Waals surface area contributed by atoms with E-state index in [1.54, 1.807) is 4.68 Å². The molecule has 0 aliphatic carbocycles. The lowest BCUT2D eigenvalue weighted by molar-refractivity contribution is -0.122. The van der Waals surface area contributed by atoms with E-state index in [0.717, 1.165) is 28.3 Å². The van der Waals surface area contributed by atoms with Crippen LogP contribution in [0, 0.1) is 27.7 Å². The summed E-state index contributed by atoms with van der Waals surface area (Å²) in [6, 6.07) is -0.734. The van der Waals surface area contributed by atoms with Crippen molar-refractivity contribution in [2.24, 2.45) is 5.73 Å². The van der Waals surface area contributed by atoms with E-state index in [1.807, 2.05) is 27.7 Å². The number of hydrogen-bond acceptors (Lipinski definition) is 4. The Labute approximate surface area is 134 Å². The summed E-state index contributed by atoms with van der Waals surface area (Å²) in [5, 5.41) is 14.7. The highest BCUT2D eigenvalue weighted by molar-refractivity contribution is 6.31. The maximum atomic E-state index is 12.2. The Hall–Kier alpha value is -1.86. The summed E-state index contributed by atoms with van der Waals surface area (Å²) < 4.78 is 1.78. The van der Waals surface area contributed by atoms with Crippen LogP contribution in [0.5, 0.6) is 0 Å². The molecule has 2 aromatic rings. The molecular formula is C14H21ClN6O. The van der Waals surface area contributed by atoms with E-state index in [1.165, 1.54) is 0 Å². The molecule has 120 valence electrons. The van der Waals surface area contributed by atoms with Crippen LogP contribution in [0.1, 0.15) is 34.4 Å². The predicted molar refractivity (Wildman–Crippen MR) is 84.7 cm³/mol. The van der Waals surface area contributed by atoms with Gasteiger partial charge in [0.25, 0.3) is 0 Å². The van der Waals surface area contributed by atoms with Gasteiger partial charge < -0.3 is 11.1 Å². The molecule has 0 spiro atoms. The molecule has 2 rings (SSSR count). The van der Waals surface area contributed by atoms with Crippen molar-refractivity contribution < 1.29 is 4.79 Å². The number of nitrogens with one attached hydrogen (secondary N) is 2. The summed E-state index contributed by atoms with van der Waals surface area (Å²) in [5.74, 6) is -0.236. The first kappa shape index (κ1) is 16.5. The van der Waals surface area contributed by atoms with Gasteiger partial charge in [-0.3, -0.25) is 14.6 Å². The van der Waals surface area contributed by atoms with E-state index in [-0.39, 0.29) is 5.91 Å². The zero-order chi connectivity index (χ0) is 16.4. The van der Waals surface area contributed by atoms with E-state index in [2.05, 4.69) is 20.6 Å². The third kappa shape index (κ3) is 3.15. The lowest BCUT2D eigenvalue weighted by atomic mass is 10.1. The second kappa shape index (κ2) is 6.50. The second-order valence-corrected chi connectivity index (χ2v) is 5.70. The Bertz CT molecular complexity index is 670. The molecule has 0 unspecified atom stereocenters. The van der Waals surface area contributed by atoms with Gasteiger partial charge in [-0.25, -0.2) is 0 Å². The number of amides is 1. The highest BCUT2D eigenvalue weighted by atomic mass is 35.5. The zero-order valence-corrected chi connectivity index (χ0v) is 14.0. The van der Waals surface area contributed by atoms with Gasteiger partial charge in [0.15, 0.2) is 0 Å². The monoisotopic (exact) mass is 324 g/mol. The van der Waals surface area contributed by atoms with Gasteiger partial charge in [-0.2, -0.15) is 10.2 Å². The van der Waals surface area contributed by atoms with Gasteiger partial charge in [0.2, 0.25) is 5.91 Å². The van der Waals surface area contributed by atoms with Gasteiger partial charge in [-0.15, -0.1) is 0 Å². The molecule has 8 heteroatoms. The summed E-state index contributed by atoms with van der Waals surface area (Å²) in [4.78, 5) is 12.2. The van der Waals surface area contributed by atoms with Crippen LogP contribution in [0.3, 0.4) is 0 Å². The Morgan fingerprint density at radius 1 is 1.36 bits per heavy atom. The lowest BCUT2D eigenvalue weighted by Crippen LogP contribution is -2.36. The molecule has 0 bridgehead atoms. The van der Waals surface area contributed by atoms with E-state index in [0.29, 0.717) is 18.1 Å². The molecule has 22 heavy (non-hydrogen) atoms. The molecule has 0 radical (unpaired) electrons. The van der Waals surface area contributed by atoms with Crippen LogP contribution in [0.25, 0.3) is 0 Å². The van der Waals surface area contributed by atoms with Gasteiger partial charge in [0.05, 0.1) is 28.6 Å². The fraction of sp³-hybridized carbons (Fsp3) is 0.500. The molecule has 0 fully saturated rings. The molecule has 0 aliphatic heterocycles. The molecule has 2 aromatic heterocycles. The van der Waals surface area contributed by atoms with E-state index in [9.17, 15) is 4.79 Å². The maximum Gasteiger partial charge on any atom is 0.241 e. The standard InChI is InChI=1S/C14H21ClN6O/c1-7-11(8(2)19-18-7)13(16)14(22)17-5-6-21-10(4)12(15)9(3)20-21/h13H,5-6,16H2,1-4H3,(H,17,22)(H,18,19)/t13-/m1/s1. The van der Waals surface area contributed by atoms with Crippen LogP contribution < -0.4 is 11.1 Å². The lowest BCUT2D eigenvalue weighted by Gasteiger charge is -2.13. The number of rotatable bonds is 5. The number of aryl methyl sites for hydroxylation is 3. The number of H-pyrrole nitrogens is 1. The first-order chi connectivity index (χ1) is 10.3. The van der Waals surface area contributed by atoms with Crippen molar-refractivity contribution in [3.8, 4) is 0 Å². The highest BCUT2D eigenvalue weighted by Gasteiger charge is 2.21. The number of nitrogens with zero attached hydrogens (tertiary/aromatic N) is 3. The molecule has 1 amide bonds. The van der Waals surface area contributed by atoms with Gasteiger partial charge in [-0.1, -0.05) is 11.6 Å². The van der Waals surface area contributed by atoms with Crippen molar-refractivity contribution in [3.63, 3.8) is 0 Å². The van der Waals surface area contributed by atoms with Crippen LogP contribution in [-0.2, 0) is 11.3 Å². The van der Waals surface area contributed by atoms with Crippen LogP contribution in [0.2, 0.25) is 5.02 Å². The maximum absolute atomic E-state index is 12.2. The summed E-state index contributed by atoms with van der Waals surface area (Å²) in [5.41, 5.74) is 9.97. The van der Waals surface area contributed by atoms with Crippen molar-refractivity contribution in [3.05, 3.63) is 33.4 Å². The van der Waals surface area contributed by atoms with Crippen LogP contribution in [0.15, 0.2) is 0 Å². The minimum Gasteiger partial charge on any atom is -0.353 e. The minimum atomic E-state index is -0.734. The summed E-state index contributed by atoms with van der Waals surface area (Å²) in [7, 11) is 0. The van der Waals surface area contributed by atoms with E-state index in [4.69, 9.17) is 17.3 Å². The molecule has 0 saturated carbocycles. The highest BCUT2D eigenvalue weighted by Crippen LogP contribution is 2.19. The van der Waals surface area contributed by atoms with Crippen LogP contribution in [-0.4, -0.2) is 32.4 Å². The third-order valence-corrected chi connectivity index (χ3v) is 4.24. The smallest absolute Gasteiger partial charge is 0.241 e. The van der Waals surface area contributed by atoms with Gasteiger partial charge >= 0.3 is 0 Å². The quantitative estimate of drug-likeness (QED) is 0.771. The first-order valence-corrected chi connectivity index (χ1v) is 7.45. The number of carbonyl (C=O) groups is 1. The minimum absolute atomic E-state index is 0.236. The Morgan fingerprint density at radius 2 is 2.05 bits per heavy atom. The predicted octanol–water partition coefficient (Wildman–Crippen LogP) is 1.31. The molecule has 1 atom stereocenters. The average molecular weight is 325 g/mol. The fourth-order valence-corrected chi connectivity index (χ4v) is 2.57. The molecule has 7 nitrogen and oxygen atoms in total. The summed E-state index contributed by atoms with van der Waals surface area (Å²) in [6.45, 7) is 8.39. The molecule has 4 N–H and O–H groups in total. The summed E-state index contributed by atoms with van der Waals surface area (Å²) in [6.07, 6.45) is 0. The van der Waals surface area contributed by atoms with Gasteiger partial charge in [0, 0.05) is 17.8 Å². The zero-order valence-electron chi connectivity index (χ0n) is 13.2. The van der Waals surface area contributed by atoms with E-state index >= 15 is 0 Å². The normalized spacial score (nSPS) is 12.5. The van der Waals surface area contributed by atoms with Gasteiger partial charge in [0.1, 0.15) is 6.04 Å². The molecule has 0 aromatic carbocycles. The number of nitrogens with two attached hydrogens (primary N) is 1. The molecule has 2 heterocycles. The van der Waals surface area contributed by atoms with Crippen molar-refractivity contribution >= 4 is 17.5 Å². The number of hydrogen-bond donors (Lipinski definition) is 3. The number of aromatic amines is 1. The first-order valence-electron chi connectivity index (χ1n) is 7.07. The topological polar surface area (TPSA) is 102 Å². The van der Waals surface area contributed by atoms with Crippen LogP contribution >= 0.6 is 11.6 Å². The third-order valence-electron chi connectivity index (χ3n) is 3.69. The van der Waals surface area contributed by atoms with Crippen molar-refractivity contribution in [2.45, 2.75) is 40.3 Å². The largest absolute Gasteiger partial charge is 0.353 e. The number of halogens is 1. The Balaban J connectivity index is 1.94. The number of aromatic nitrogens is 4.